The molecule has 1 aromatic carbocycles. The van der Waals surface area contributed by atoms with Crippen LogP contribution >= 0.6 is 11.6 Å². The van der Waals surface area contributed by atoms with Crippen molar-refractivity contribution in [2.45, 2.75) is 19.5 Å². The van der Waals surface area contributed by atoms with Gasteiger partial charge in [0.25, 0.3) is 0 Å². The second-order valence-electron chi connectivity index (χ2n) is 6.61. The molecule has 0 aliphatic carbocycles. The van der Waals surface area contributed by atoms with E-state index in [0.717, 1.165) is 56.1 Å². The lowest BCUT2D eigenvalue weighted by atomic mass is 10.0. The Balaban J connectivity index is 1.69. The van der Waals surface area contributed by atoms with Gasteiger partial charge >= 0.3 is 0 Å². The Morgan fingerprint density at radius 3 is 2.64 bits per heavy atom. The molecule has 0 spiro atoms. The lowest BCUT2D eigenvalue weighted by molar-refractivity contribution is 0.0170. The maximum Gasteiger partial charge on any atom is 0.191 e. The van der Waals surface area contributed by atoms with E-state index in [1.54, 1.807) is 6.20 Å². The van der Waals surface area contributed by atoms with Gasteiger partial charge in [-0.05, 0) is 36.8 Å². The minimum Gasteiger partial charge on any atom is -0.379 e. The van der Waals surface area contributed by atoms with Crippen LogP contribution in [0.1, 0.15) is 24.2 Å². The fourth-order valence-corrected chi connectivity index (χ4v) is 3.34. The number of aromatic nitrogens is 1. The summed E-state index contributed by atoms with van der Waals surface area (Å²) >= 11 is 6.09. The first-order chi connectivity index (χ1) is 13.8. The molecule has 1 fully saturated rings. The number of nitrogens with zero attached hydrogens (tertiary/aromatic N) is 3. The number of rotatable bonds is 7. The number of morpholine rings is 1. The van der Waals surface area contributed by atoms with Crippen LogP contribution in [0.25, 0.3) is 0 Å². The number of benzene rings is 1. The zero-order valence-corrected chi connectivity index (χ0v) is 17.0. The summed E-state index contributed by atoms with van der Waals surface area (Å²) in [7, 11) is 0. The predicted octanol–water partition coefficient (Wildman–Crippen LogP) is 2.86. The van der Waals surface area contributed by atoms with Crippen molar-refractivity contribution in [3.05, 3.63) is 64.9 Å². The summed E-state index contributed by atoms with van der Waals surface area (Å²) in [5.74, 6) is 0.792. The fraction of sp³-hybridized carbons (Fsp3) is 0.429. The first-order valence-corrected chi connectivity index (χ1v) is 10.1. The lowest BCUT2D eigenvalue weighted by Crippen LogP contribution is -2.46. The smallest absolute Gasteiger partial charge is 0.191 e. The van der Waals surface area contributed by atoms with Gasteiger partial charge < -0.3 is 15.4 Å². The van der Waals surface area contributed by atoms with Crippen molar-refractivity contribution in [2.75, 3.05) is 39.4 Å². The van der Waals surface area contributed by atoms with Crippen LogP contribution in [0.3, 0.4) is 0 Å². The number of aliphatic imine (C=N–C) groups is 1. The van der Waals surface area contributed by atoms with E-state index in [0.29, 0.717) is 6.54 Å². The summed E-state index contributed by atoms with van der Waals surface area (Å²) in [5, 5.41) is 7.57. The molecule has 3 rings (SSSR count). The SMILES string of the molecule is CCNC(=NCc1ccccn1)NCC(c1ccc(Cl)cc1)N1CCOCC1. The molecule has 0 bridgehead atoms. The summed E-state index contributed by atoms with van der Waals surface area (Å²) in [6, 6.07) is 14.2. The zero-order valence-electron chi connectivity index (χ0n) is 16.3. The molecule has 1 unspecified atom stereocenters. The minimum atomic E-state index is 0.222. The average Bonchev–Trinajstić information content (AvgIpc) is 2.75. The van der Waals surface area contributed by atoms with Crippen LogP contribution in [-0.2, 0) is 11.3 Å². The molecule has 2 N–H and O–H groups in total. The number of pyridine rings is 1. The molecule has 2 aromatic rings. The number of nitrogens with one attached hydrogen (secondary N) is 2. The number of guanidine groups is 1. The lowest BCUT2D eigenvalue weighted by Gasteiger charge is -2.35. The predicted molar refractivity (Wildman–Crippen MR) is 114 cm³/mol. The number of hydrogen-bond donors (Lipinski definition) is 2. The van der Waals surface area contributed by atoms with Gasteiger partial charge in [-0.25, -0.2) is 4.99 Å². The number of halogens is 1. The first kappa shape index (κ1) is 20.6. The average molecular weight is 402 g/mol. The Morgan fingerprint density at radius 2 is 1.96 bits per heavy atom. The van der Waals surface area contributed by atoms with Gasteiger partial charge in [0.2, 0.25) is 0 Å². The Labute approximate surface area is 172 Å². The molecule has 1 aromatic heterocycles. The van der Waals surface area contributed by atoms with E-state index in [-0.39, 0.29) is 6.04 Å². The minimum absolute atomic E-state index is 0.222. The van der Waals surface area contributed by atoms with Crippen LogP contribution in [-0.4, -0.2) is 55.2 Å². The van der Waals surface area contributed by atoms with Crippen molar-refractivity contribution in [2.24, 2.45) is 4.99 Å². The monoisotopic (exact) mass is 401 g/mol. The van der Waals surface area contributed by atoms with Crippen LogP contribution in [0.2, 0.25) is 5.02 Å². The molecular weight excluding hydrogens is 374 g/mol. The third kappa shape index (κ3) is 6.19. The summed E-state index contributed by atoms with van der Waals surface area (Å²) < 4.78 is 5.53. The van der Waals surface area contributed by atoms with Crippen molar-refractivity contribution in [3.63, 3.8) is 0 Å². The van der Waals surface area contributed by atoms with Crippen molar-refractivity contribution in [1.82, 2.24) is 20.5 Å². The highest BCUT2D eigenvalue weighted by Crippen LogP contribution is 2.23. The Bertz CT molecular complexity index is 732. The molecule has 2 heterocycles. The maximum atomic E-state index is 6.09. The molecule has 28 heavy (non-hydrogen) atoms. The second-order valence-corrected chi connectivity index (χ2v) is 7.05. The number of ether oxygens (including phenoxy) is 1. The van der Waals surface area contributed by atoms with E-state index < -0.39 is 0 Å². The Kier molecular flexibility index (Phi) is 8.08. The van der Waals surface area contributed by atoms with Crippen molar-refractivity contribution in [1.29, 1.82) is 0 Å². The highest BCUT2D eigenvalue weighted by Gasteiger charge is 2.22. The molecule has 7 heteroatoms. The Morgan fingerprint density at radius 1 is 1.18 bits per heavy atom. The number of hydrogen-bond acceptors (Lipinski definition) is 4. The van der Waals surface area contributed by atoms with E-state index in [9.17, 15) is 0 Å². The van der Waals surface area contributed by atoms with E-state index in [2.05, 4.69) is 44.6 Å². The van der Waals surface area contributed by atoms with E-state index in [1.807, 2.05) is 30.3 Å². The summed E-state index contributed by atoms with van der Waals surface area (Å²) in [6.07, 6.45) is 1.79. The van der Waals surface area contributed by atoms with Gasteiger partial charge in [-0.1, -0.05) is 29.8 Å². The van der Waals surface area contributed by atoms with Gasteiger partial charge in [-0.2, -0.15) is 0 Å². The molecule has 1 aliphatic rings. The van der Waals surface area contributed by atoms with Gasteiger partial charge in [-0.15, -0.1) is 0 Å². The van der Waals surface area contributed by atoms with Gasteiger partial charge in [0.05, 0.1) is 31.5 Å². The first-order valence-electron chi connectivity index (χ1n) is 9.75. The highest BCUT2D eigenvalue weighted by molar-refractivity contribution is 6.30. The van der Waals surface area contributed by atoms with Crippen molar-refractivity contribution < 1.29 is 4.74 Å². The van der Waals surface area contributed by atoms with Crippen LogP contribution < -0.4 is 10.6 Å². The van der Waals surface area contributed by atoms with E-state index in [4.69, 9.17) is 16.3 Å². The third-order valence-electron chi connectivity index (χ3n) is 4.67. The standard InChI is InChI=1S/C21H28ClN5O/c1-2-23-21(25-15-19-5-3-4-10-24-19)26-16-20(27-11-13-28-14-12-27)17-6-8-18(22)9-7-17/h3-10,20H,2,11-16H2,1H3,(H2,23,25,26). The van der Waals surface area contributed by atoms with Crippen LogP contribution in [0.15, 0.2) is 53.7 Å². The molecule has 0 saturated carbocycles. The highest BCUT2D eigenvalue weighted by atomic mass is 35.5. The summed E-state index contributed by atoms with van der Waals surface area (Å²) in [5.41, 5.74) is 2.18. The van der Waals surface area contributed by atoms with Gasteiger partial charge in [-0.3, -0.25) is 9.88 Å². The van der Waals surface area contributed by atoms with Gasteiger partial charge in [0.15, 0.2) is 5.96 Å². The van der Waals surface area contributed by atoms with E-state index in [1.165, 1.54) is 5.56 Å². The molecule has 1 atom stereocenters. The summed E-state index contributed by atoms with van der Waals surface area (Å²) in [4.78, 5) is 11.5. The van der Waals surface area contributed by atoms with Gasteiger partial charge in [0.1, 0.15) is 0 Å². The molecule has 1 aliphatic heterocycles. The second kappa shape index (κ2) is 11.0. The molecule has 0 radical (unpaired) electrons. The normalized spacial score (nSPS) is 16.6. The topological polar surface area (TPSA) is 61.8 Å². The largest absolute Gasteiger partial charge is 0.379 e. The molecular formula is C21H28ClN5O. The third-order valence-corrected chi connectivity index (χ3v) is 4.93. The van der Waals surface area contributed by atoms with Gasteiger partial charge in [0, 0.05) is 37.4 Å². The molecule has 1 saturated heterocycles. The van der Waals surface area contributed by atoms with Crippen molar-refractivity contribution >= 4 is 17.6 Å². The van der Waals surface area contributed by atoms with Crippen LogP contribution in [0.5, 0.6) is 0 Å². The molecule has 6 nitrogen and oxygen atoms in total. The fourth-order valence-electron chi connectivity index (χ4n) is 3.22. The quantitative estimate of drug-likeness (QED) is 0.551. The Hall–Kier alpha value is -2.15. The maximum absolute atomic E-state index is 6.09. The molecule has 150 valence electrons. The van der Waals surface area contributed by atoms with Crippen LogP contribution in [0, 0.1) is 0 Å². The van der Waals surface area contributed by atoms with Crippen molar-refractivity contribution in [3.8, 4) is 0 Å². The summed E-state index contributed by atoms with van der Waals surface area (Å²) in [6.45, 7) is 7.51. The molecule has 0 amide bonds. The zero-order chi connectivity index (χ0) is 19.6. The van der Waals surface area contributed by atoms with E-state index >= 15 is 0 Å². The van der Waals surface area contributed by atoms with Crippen LogP contribution in [0.4, 0.5) is 0 Å².